The van der Waals surface area contributed by atoms with Gasteiger partial charge in [0.1, 0.15) is 13.2 Å². The van der Waals surface area contributed by atoms with Crippen LogP contribution in [0.3, 0.4) is 0 Å². The van der Waals surface area contributed by atoms with E-state index in [2.05, 4.69) is 72.3 Å². The molecule has 4 aromatic rings. The van der Waals surface area contributed by atoms with E-state index in [1.165, 1.54) is 26.7 Å². The molecule has 0 bridgehead atoms. The van der Waals surface area contributed by atoms with Gasteiger partial charge in [0.2, 0.25) is 0 Å². The van der Waals surface area contributed by atoms with Gasteiger partial charge < -0.3 is 14.0 Å². The average molecular weight is 408 g/mol. The molecule has 1 aliphatic rings. The van der Waals surface area contributed by atoms with Crippen LogP contribution in [0.1, 0.15) is 51.0 Å². The van der Waals surface area contributed by atoms with Crippen molar-refractivity contribution in [3.8, 4) is 11.5 Å². The van der Waals surface area contributed by atoms with E-state index in [1.807, 2.05) is 0 Å². The Kier molecular flexibility index (Phi) is 5.55. The first-order valence-electron chi connectivity index (χ1n) is 10.1. The molecule has 3 nitrogen and oxygen atoms in total. The van der Waals surface area contributed by atoms with Crippen molar-refractivity contribution in [3.05, 3.63) is 58.8 Å². The number of para-hydroxylation sites is 2. The van der Waals surface area contributed by atoms with Crippen molar-refractivity contribution in [3.63, 3.8) is 0 Å². The fraction of sp³-hybridized carbons (Fsp3) is 0.360. The molecule has 0 amide bonds. The summed E-state index contributed by atoms with van der Waals surface area (Å²) < 4.78 is 14.3. The Bertz CT molecular complexity index is 1070. The molecular weight excluding hydrogens is 378 g/mol. The van der Waals surface area contributed by atoms with E-state index in [4.69, 9.17) is 9.47 Å². The topological polar surface area (TPSA) is 23.4 Å². The maximum Gasteiger partial charge on any atom is 0.175 e. The zero-order valence-corrected chi connectivity index (χ0v) is 17.2. The van der Waals surface area contributed by atoms with Crippen LogP contribution in [-0.2, 0) is 0 Å². The summed E-state index contributed by atoms with van der Waals surface area (Å²) in [5.41, 5.74) is 2.64. The second kappa shape index (κ2) is 8.11. The standard InChI is InChI=1S/C24H25NO2S.CH4/c1-3-17(24-23-22(15-28-24)26-12-13-27-23)14-16(2)25-20-10-6-4-8-18(20)19-9-5-7-11-21(19)25;/h4-11,15-17H,3,12-14H2,1-2H3;1H4. The van der Waals surface area contributed by atoms with E-state index in [0.29, 0.717) is 25.2 Å². The minimum atomic E-state index is 0. The van der Waals surface area contributed by atoms with Crippen LogP contribution >= 0.6 is 11.3 Å². The van der Waals surface area contributed by atoms with E-state index < -0.39 is 0 Å². The Balaban J connectivity index is 0.00000205. The molecule has 152 valence electrons. The molecule has 1 aliphatic heterocycles. The molecular formula is C25H29NO2S. The molecule has 2 atom stereocenters. The van der Waals surface area contributed by atoms with Crippen LogP contribution in [0.5, 0.6) is 11.5 Å². The molecule has 0 saturated heterocycles. The van der Waals surface area contributed by atoms with E-state index >= 15 is 0 Å². The van der Waals surface area contributed by atoms with Crippen molar-refractivity contribution in [2.75, 3.05) is 13.2 Å². The number of rotatable bonds is 5. The molecule has 29 heavy (non-hydrogen) atoms. The monoisotopic (exact) mass is 407 g/mol. The average Bonchev–Trinajstić information content (AvgIpc) is 3.31. The number of hydrogen-bond donors (Lipinski definition) is 0. The molecule has 2 unspecified atom stereocenters. The minimum absolute atomic E-state index is 0. The molecule has 2 aromatic carbocycles. The number of hydrogen-bond acceptors (Lipinski definition) is 3. The summed E-state index contributed by atoms with van der Waals surface area (Å²) in [7, 11) is 0. The first kappa shape index (κ1) is 19.8. The van der Waals surface area contributed by atoms with Gasteiger partial charge in [-0.3, -0.25) is 0 Å². The van der Waals surface area contributed by atoms with E-state index in [1.54, 1.807) is 11.3 Å². The number of nitrogens with zero attached hydrogens (tertiary/aromatic N) is 1. The highest BCUT2D eigenvalue weighted by Crippen LogP contribution is 2.47. The van der Waals surface area contributed by atoms with Crippen molar-refractivity contribution in [1.82, 2.24) is 4.57 Å². The minimum Gasteiger partial charge on any atom is -0.485 e. The van der Waals surface area contributed by atoms with E-state index in [0.717, 1.165) is 24.3 Å². The molecule has 0 aliphatic carbocycles. The maximum atomic E-state index is 5.97. The van der Waals surface area contributed by atoms with Gasteiger partial charge in [-0.2, -0.15) is 0 Å². The van der Waals surface area contributed by atoms with Crippen molar-refractivity contribution in [1.29, 1.82) is 0 Å². The normalized spacial score (nSPS) is 15.2. The summed E-state index contributed by atoms with van der Waals surface area (Å²) in [4.78, 5) is 1.34. The fourth-order valence-corrected chi connectivity index (χ4v) is 5.70. The highest BCUT2D eigenvalue weighted by atomic mass is 32.1. The fourth-order valence-electron chi connectivity index (χ4n) is 4.57. The van der Waals surface area contributed by atoms with Crippen LogP contribution in [0.2, 0.25) is 0 Å². The number of thiophene rings is 1. The van der Waals surface area contributed by atoms with Gasteiger partial charge in [-0.1, -0.05) is 50.7 Å². The number of aromatic nitrogens is 1. The Morgan fingerprint density at radius 1 is 0.966 bits per heavy atom. The van der Waals surface area contributed by atoms with Crippen molar-refractivity contribution in [2.45, 2.75) is 46.1 Å². The summed E-state index contributed by atoms with van der Waals surface area (Å²) in [6, 6.07) is 17.9. The molecule has 0 radical (unpaired) electrons. The van der Waals surface area contributed by atoms with Crippen LogP contribution in [0, 0.1) is 0 Å². The largest absolute Gasteiger partial charge is 0.485 e. The van der Waals surface area contributed by atoms with Crippen LogP contribution in [-0.4, -0.2) is 17.8 Å². The third-order valence-electron chi connectivity index (χ3n) is 5.88. The molecule has 2 aromatic heterocycles. The summed E-state index contributed by atoms with van der Waals surface area (Å²) >= 11 is 1.79. The first-order chi connectivity index (χ1) is 13.8. The summed E-state index contributed by atoms with van der Waals surface area (Å²) in [6.07, 6.45) is 2.17. The quantitative estimate of drug-likeness (QED) is 0.344. The zero-order chi connectivity index (χ0) is 19.1. The SMILES string of the molecule is C.CCC(CC(C)n1c2ccccc2c2ccccc21)c1scc2c1OCCO2. The van der Waals surface area contributed by atoms with Gasteiger partial charge in [0.15, 0.2) is 11.5 Å². The summed E-state index contributed by atoms with van der Waals surface area (Å²) in [5, 5.41) is 4.78. The van der Waals surface area contributed by atoms with Crippen LogP contribution in [0.25, 0.3) is 21.8 Å². The molecule has 5 rings (SSSR count). The third-order valence-corrected chi connectivity index (χ3v) is 6.98. The highest BCUT2D eigenvalue weighted by Gasteiger charge is 2.26. The number of benzene rings is 2. The first-order valence-corrected chi connectivity index (χ1v) is 11.0. The molecule has 4 heteroatoms. The van der Waals surface area contributed by atoms with E-state index in [9.17, 15) is 0 Å². The second-order valence-corrected chi connectivity index (χ2v) is 8.50. The molecule has 0 spiro atoms. The highest BCUT2D eigenvalue weighted by molar-refractivity contribution is 7.10. The lowest BCUT2D eigenvalue weighted by Gasteiger charge is -2.24. The zero-order valence-electron chi connectivity index (χ0n) is 16.4. The Morgan fingerprint density at radius 3 is 2.24 bits per heavy atom. The predicted molar refractivity (Wildman–Crippen MR) is 124 cm³/mol. The van der Waals surface area contributed by atoms with Crippen molar-refractivity contribution >= 4 is 33.1 Å². The van der Waals surface area contributed by atoms with E-state index in [-0.39, 0.29) is 7.43 Å². The Hall–Kier alpha value is -2.46. The molecule has 0 saturated carbocycles. The lowest BCUT2D eigenvalue weighted by molar-refractivity contribution is 0.171. The summed E-state index contributed by atoms with van der Waals surface area (Å²) in [6.45, 7) is 5.92. The van der Waals surface area contributed by atoms with Crippen LogP contribution < -0.4 is 9.47 Å². The van der Waals surface area contributed by atoms with Gasteiger partial charge in [-0.05, 0) is 37.8 Å². The van der Waals surface area contributed by atoms with Gasteiger partial charge in [-0.25, -0.2) is 0 Å². The lowest BCUT2D eigenvalue weighted by atomic mass is 9.95. The third kappa shape index (κ3) is 3.29. The smallest absolute Gasteiger partial charge is 0.175 e. The predicted octanol–water partition coefficient (Wildman–Crippen LogP) is 7.41. The second-order valence-electron chi connectivity index (χ2n) is 7.58. The van der Waals surface area contributed by atoms with Crippen LogP contribution in [0.4, 0.5) is 0 Å². The molecule has 3 heterocycles. The Morgan fingerprint density at radius 2 is 1.59 bits per heavy atom. The number of fused-ring (bicyclic) bond motifs is 4. The van der Waals surface area contributed by atoms with Crippen molar-refractivity contribution < 1.29 is 9.47 Å². The maximum absolute atomic E-state index is 5.97. The van der Waals surface area contributed by atoms with Crippen LogP contribution in [0.15, 0.2) is 53.9 Å². The van der Waals surface area contributed by atoms with Gasteiger partial charge in [0.25, 0.3) is 0 Å². The van der Waals surface area contributed by atoms with Gasteiger partial charge >= 0.3 is 0 Å². The van der Waals surface area contributed by atoms with Gasteiger partial charge in [-0.15, -0.1) is 11.3 Å². The van der Waals surface area contributed by atoms with Gasteiger partial charge in [0.05, 0.1) is 4.88 Å². The van der Waals surface area contributed by atoms with Gasteiger partial charge in [0, 0.05) is 33.2 Å². The molecule has 0 fully saturated rings. The summed E-state index contributed by atoms with van der Waals surface area (Å²) in [5.74, 6) is 2.37. The Labute approximate surface area is 176 Å². The molecule has 0 N–H and O–H groups in total. The number of ether oxygens (including phenoxy) is 2. The van der Waals surface area contributed by atoms with Crippen molar-refractivity contribution in [2.24, 2.45) is 0 Å². The lowest BCUT2D eigenvalue weighted by Crippen LogP contribution is -2.16.